The fourth-order valence-electron chi connectivity index (χ4n) is 3.18. The SMILES string of the molecule is CCC(O)C1CC2C(C=C1C)C2(C)C. The fourth-order valence-corrected chi connectivity index (χ4v) is 3.18. The van der Waals surface area contributed by atoms with Crippen molar-refractivity contribution < 1.29 is 5.11 Å². The number of hydrogen-bond donors (Lipinski definition) is 1. The standard InChI is InChI=1S/C13H22O/c1-5-12(14)9-7-11-10(6-8(9)2)13(11,3)4/h6,9-12,14H,5,7H2,1-4H3. The molecule has 2 rings (SSSR count). The first kappa shape index (κ1) is 10.2. The lowest BCUT2D eigenvalue weighted by molar-refractivity contribution is 0.109. The van der Waals surface area contributed by atoms with Gasteiger partial charge in [0.25, 0.3) is 0 Å². The van der Waals surface area contributed by atoms with Gasteiger partial charge in [0.05, 0.1) is 6.10 Å². The van der Waals surface area contributed by atoms with Crippen LogP contribution in [0.5, 0.6) is 0 Å². The predicted molar refractivity (Wildman–Crippen MR) is 58.9 cm³/mol. The van der Waals surface area contributed by atoms with E-state index in [9.17, 15) is 5.11 Å². The Morgan fingerprint density at radius 2 is 2.21 bits per heavy atom. The summed E-state index contributed by atoms with van der Waals surface area (Å²) < 4.78 is 0. The number of fused-ring (bicyclic) bond motifs is 1. The highest BCUT2D eigenvalue weighted by Crippen LogP contribution is 2.64. The Morgan fingerprint density at radius 3 is 2.79 bits per heavy atom. The van der Waals surface area contributed by atoms with Gasteiger partial charge in [-0.05, 0) is 37.0 Å². The molecule has 0 aromatic rings. The van der Waals surface area contributed by atoms with Crippen LogP contribution in [0.15, 0.2) is 11.6 Å². The highest BCUT2D eigenvalue weighted by atomic mass is 16.3. The van der Waals surface area contributed by atoms with Crippen molar-refractivity contribution in [2.45, 2.75) is 46.6 Å². The van der Waals surface area contributed by atoms with E-state index < -0.39 is 0 Å². The second-order valence-electron chi connectivity index (χ2n) is 5.68. The molecule has 0 bridgehead atoms. The van der Waals surface area contributed by atoms with Crippen LogP contribution in [0.2, 0.25) is 0 Å². The smallest absolute Gasteiger partial charge is 0.0602 e. The Kier molecular flexibility index (Phi) is 2.26. The van der Waals surface area contributed by atoms with Gasteiger partial charge in [0.2, 0.25) is 0 Å². The predicted octanol–water partition coefficient (Wildman–Crippen LogP) is 3.00. The van der Waals surface area contributed by atoms with E-state index in [0.29, 0.717) is 11.3 Å². The summed E-state index contributed by atoms with van der Waals surface area (Å²) in [6, 6.07) is 0. The van der Waals surface area contributed by atoms with Gasteiger partial charge >= 0.3 is 0 Å². The van der Waals surface area contributed by atoms with Crippen LogP contribution < -0.4 is 0 Å². The van der Waals surface area contributed by atoms with Crippen molar-refractivity contribution >= 4 is 0 Å². The molecule has 0 heterocycles. The molecule has 0 amide bonds. The molecule has 1 fully saturated rings. The van der Waals surface area contributed by atoms with Crippen LogP contribution in [0, 0.1) is 23.2 Å². The summed E-state index contributed by atoms with van der Waals surface area (Å²) in [5, 5.41) is 9.92. The van der Waals surface area contributed by atoms with E-state index in [4.69, 9.17) is 0 Å². The van der Waals surface area contributed by atoms with Crippen LogP contribution in [0.3, 0.4) is 0 Å². The van der Waals surface area contributed by atoms with Crippen molar-refractivity contribution in [2.75, 3.05) is 0 Å². The third-order valence-corrected chi connectivity index (χ3v) is 4.56. The Bertz CT molecular complexity index is 264. The molecule has 0 radical (unpaired) electrons. The molecule has 2 aliphatic carbocycles. The normalized spacial score (nSPS) is 41.2. The van der Waals surface area contributed by atoms with Crippen molar-refractivity contribution in [3.05, 3.63) is 11.6 Å². The highest BCUT2D eigenvalue weighted by Gasteiger charge is 2.58. The molecule has 80 valence electrons. The fraction of sp³-hybridized carbons (Fsp3) is 0.846. The van der Waals surface area contributed by atoms with Gasteiger partial charge < -0.3 is 5.11 Å². The summed E-state index contributed by atoms with van der Waals surface area (Å²) in [5.74, 6) is 2.06. The lowest BCUT2D eigenvalue weighted by atomic mass is 9.83. The average Bonchev–Trinajstić information content (AvgIpc) is 2.66. The molecular weight excluding hydrogens is 172 g/mol. The van der Waals surface area contributed by atoms with Gasteiger partial charge in [-0.2, -0.15) is 0 Å². The number of hydrogen-bond acceptors (Lipinski definition) is 1. The Balaban J connectivity index is 2.13. The van der Waals surface area contributed by atoms with Gasteiger partial charge in [0.15, 0.2) is 0 Å². The zero-order chi connectivity index (χ0) is 10.5. The summed E-state index contributed by atoms with van der Waals surface area (Å²) in [6.07, 6.45) is 4.38. The molecule has 1 nitrogen and oxygen atoms in total. The summed E-state index contributed by atoms with van der Waals surface area (Å²) >= 11 is 0. The Labute approximate surface area is 87.2 Å². The zero-order valence-corrected chi connectivity index (χ0v) is 9.75. The third-order valence-electron chi connectivity index (χ3n) is 4.56. The largest absolute Gasteiger partial charge is 0.393 e. The van der Waals surface area contributed by atoms with Crippen LogP contribution in [0.25, 0.3) is 0 Å². The molecule has 2 aliphatic rings. The molecule has 1 N–H and O–H groups in total. The molecule has 1 saturated carbocycles. The van der Waals surface area contributed by atoms with Crippen LogP contribution in [-0.2, 0) is 0 Å². The first-order valence-corrected chi connectivity index (χ1v) is 5.84. The van der Waals surface area contributed by atoms with Gasteiger partial charge in [0, 0.05) is 5.92 Å². The minimum atomic E-state index is -0.122. The lowest BCUT2D eigenvalue weighted by Gasteiger charge is -2.25. The second-order valence-corrected chi connectivity index (χ2v) is 5.68. The van der Waals surface area contributed by atoms with Gasteiger partial charge in [-0.15, -0.1) is 0 Å². The average molecular weight is 194 g/mol. The monoisotopic (exact) mass is 194 g/mol. The maximum Gasteiger partial charge on any atom is 0.0602 e. The van der Waals surface area contributed by atoms with E-state index in [1.54, 1.807) is 0 Å². The van der Waals surface area contributed by atoms with Gasteiger partial charge in [-0.1, -0.05) is 32.4 Å². The number of aliphatic hydroxyl groups is 1. The number of allylic oxidation sites excluding steroid dienone is 1. The second kappa shape index (κ2) is 3.10. The van der Waals surface area contributed by atoms with E-state index in [0.717, 1.165) is 18.3 Å². The molecular formula is C13H22O. The van der Waals surface area contributed by atoms with Gasteiger partial charge in [-0.3, -0.25) is 0 Å². The minimum Gasteiger partial charge on any atom is -0.393 e. The summed E-state index contributed by atoms with van der Waals surface area (Å²) in [7, 11) is 0. The molecule has 0 aromatic heterocycles. The van der Waals surface area contributed by atoms with E-state index in [1.807, 2.05) is 0 Å². The lowest BCUT2D eigenvalue weighted by Crippen LogP contribution is -2.23. The molecule has 14 heavy (non-hydrogen) atoms. The minimum absolute atomic E-state index is 0.122. The molecule has 0 spiro atoms. The van der Waals surface area contributed by atoms with Gasteiger partial charge in [-0.25, -0.2) is 0 Å². The van der Waals surface area contributed by atoms with Crippen molar-refractivity contribution in [1.29, 1.82) is 0 Å². The first-order valence-electron chi connectivity index (χ1n) is 5.84. The topological polar surface area (TPSA) is 20.2 Å². The van der Waals surface area contributed by atoms with Crippen LogP contribution in [0.1, 0.15) is 40.5 Å². The van der Waals surface area contributed by atoms with Crippen molar-refractivity contribution in [3.63, 3.8) is 0 Å². The Hall–Kier alpha value is -0.300. The van der Waals surface area contributed by atoms with Crippen LogP contribution >= 0.6 is 0 Å². The van der Waals surface area contributed by atoms with Crippen molar-refractivity contribution in [2.24, 2.45) is 23.2 Å². The highest BCUT2D eigenvalue weighted by molar-refractivity contribution is 5.25. The molecule has 4 atom stereocenters. The Morgan fingerprint density at radius 1 is 1.57 bits per heavy atom. The summed E-state index contributed by atoms with van der Waals surface area (Å²) in [4.78, 5) is 0. The maximum atomic E-state index is 9.92. The zero-order valence-electron chi connectivity index (χ0n) is 9.75. The van der Waals surface area contributed by atoms with Crippen LogP contribution in [0.4, 0.5) is 0 Å². The quantitative estimate of drug-likeness (QED) is 0.670. The molecule has 0 saturated heterocycles. The molecule has 0 aliphatic heterocycles. The third kappa shape index (κ3) is 1.33. The van der Waals surface area contributed by atoms with Crippen LogP contribution in [-0.4, -0.2) is 11.2 Å². The molecule has 1 heteroatoms. The van der Waals surface area contributed by atoms with Gasteiger partial charge in [0.1, 0.15) is 0 Å². The maximum absolute atomic E-state index is 9.92. The molecule has 0 aromatic carbocycles. The summed E-state index contributed by atoms with van der Waals surface area (Å²) in [6.45, 7) is 8.97. The van der Waals surface area contributed by atoms with E-state index >= 15 is 0 Å². The molecule has 4 unspecified atom stereocenters. The van der Waals surface area contributed by atoms with E-state index in [1.165, 1.54) is 12.0 Å². The van der Waals surface area contributed by atoms with Crippen molar-refractivity contribution in [1.82, 2.24) is 0 Å². The van der Waals surface area contributed by atoms with E-state index in [2.05, 4.69) is 33.8 Å². The van der Waals surface area contributed by atoms with E-state index in [-0.39, 0.29) is 6.10 Å². The summed E-state index contributed by atoms with van der Waals surface area (Å²) in [5.41, 5.74) is 1.93. The number of rotatable bonds is 2. The first-order chi connectivity index (χ1) is 6.48. The number of aliphatic hydroxyl groups excluding tert-OH is 1. The van der Waals surface area contributed by atoms with Crippen molar-refractivity contribution in [3.8, 4) is 0 Å².